The van der Waals surface area contributed by atoms with Gasteiger partial charge in [0.25, 0.3) is 0 Å². The van der Waals surface area contributed by atoms with E-state index in [4.69, 9.17) is 5.73 Å². The first-order chi connectivity index (χ1) is 13.4. The number of amides is 2. The van der Waals surface area contributed by atoms with Gasteiger partial charge in [0.15, 0.2) is 0 Å². The molecule has 2 amide bonds. The van der Waals surface area contributed by atoms with Crippen molar-refractivity contribution in [2.24, 2.45) is 5.73 Å². The molecule has 1 aliphatic rings. The molecule has 3 rings (SSSR count). The number of nitrogens with zero attached hydrogens (tertiary/aromatic N) is 1. The van der Waals surface area contributed by atoms with E-state index in [9.17, 15) is 14.0 Å². The lowest BCUT2D eigenvalue weighted by Gasteiger charge is -2.30. The van der Waals surface area contributed by atoms with Crippen LogP contribution in [0.2, 0.25) is 0 Å². The highest BCUT2D eigenvalue weighted by molar-refractivity contribution is 6.01. The van der Waals surface area contributed by atoms with Crippen LogP contribution in [-0.2, 0) is 22.4 Å². The number of hydrogen-bond acceptors (Lipinski definition) is 3. The second-order valence-electron chi connectivity index (χ2n) is 7.47. The van der Waals surface area contributed by atoms with Gasteiger partial charge in [0, 0.05) is 11.7 Å². The zero-order chi connectivity index (χ0) is 20.3. The molecular formula is C22H26FN3O2. The fourth-order valence-electron chi connectivity index (χ4n) is 3.62. The zero-order valence-electron chi connectivity index (χ0n) is 16.2. The van der Waals surface area contributed by atoms with Gasteiger partial charge >= 0.3 is 0 Å². The van der Waals surface area contributed by atoms with E-state index >= 15 is 0 Å². The number of hydrogen-bond donors (Lipinski definition) is 2. The van der Waals surface area contributed by atoms with E-state index in [1.807, 2.05) is 38.1 Å². The van der Waals surface area contributed by atoms with Crippen LogP contribution >= 0.6 is 0 Å². The molecule has 3 N–H and O–H groups in total. The summed E-state index contributed by atoms with van der Waals surface area (Å²) in [6, 6.07) is 12.3. The maximum absolute atomic E-state index is 13.3. The number of para-hydroxylation sites is 1. The Morgan fingerprint density at radius 1 is 1.25 bits per heavy atom. The van der Waals surface area contributed by atoms with Gasteiger partial charge in [0.1, 0.15) is 11.9 Å². The summed E-state index contributed by atoms with van der Waals surface area (Å²) >= 11 is 0. The number of rotatable bonds is 5. The molecule has 0 aromatic heterocycles. The molecule has 2 aromatic carbocycles. The molecular weight excluding hydrogens is 357 g/mol. The number of carbonyl (C=O) groups is 2. The molecule has 0 saturated heterocycles. The summed E-state index contributed by atoms with van der Waals surface area (Å²) < 4.78 is 13.3. The van der Waals surface area contributed by atoms with Crippen LogP contribution in [0.25, 0.3) is 0 Å². The second-order valence-corrected chi connectivity index (χ2v) is 7.47. The maximum Gasteiger partial charge on any atom is 0.249 e. The number of halogens is 1. The lowest BCUT2D eigenvalue weighted by molar-refractivity contribution is -0.128. The minimum absolute atomic E-state index is 0.0351. The van der Waals surface area contributed by atoms with Crippen molar-refractivity contribution in [2.75, 3.05) is 4.90 Å². The Labute approximate surface area is 164 Å². The largest absolute Gasteiger partial charge is 0.343 e. The number of anilines is 1. The highest BCUT2D eigenvalue weighted by Gasteiger charge is 2.33. The Hall–Kier alpha value is -2.73. The van der Waals surface area contributed by atoms with E-state index in [1.54, 1.807) is 17.0 Å². The predicted octanol–water partition coefficient (Wildman–Crippen LogP) is 2.57. The van der Waals surface area contributed by atoms with E-state index in [1.165, 1.54) is 12.1 Å². The Morgan fingerprint density at radius 3 is 2.71 bits per heavy atom. The summed E-state index contributed by atoms with van der Waals surface area (Å²) in [4.78, 5) is 27.5. The fraction of sp³-hybridized carbons (Fsp3) is 0.364. The van der Waals surface area contributed by atoms with Crippen molar-refractivity contribution in [3.05, 3.63) is 65.5 Å². The van der Waals surface area contributed by atoms with Crippen LogP contribution in [0.4, 0.5) is 10.1 Å². The SMILES string of the molecule is CC(C)N1C(=O)[C@H](NC(=O)C(N)Cc2cccc(F)c2)CCc2ccccc21. The topological polar surface area (TPSA) is 75.4 Å². The molecule has 5 nitrogen and oxygen atoms in total. The number of carbonyl (C=O) groups excluding carboxylic acids is 2. The van der Waals surface area contributed by atoms with Gasteiger partial charge < -0.3 is 16.0 Å². The van der Waals surface area contributed by atoms with E-state index in [0.717, 1.165) is 11.3 Å². The average molecular weight is 383 g/mol. The summed E-state index contributed by atoms with van der Waals surface area (Å²) in [6.07, 6.45) is 1.41. The second kappa shape index (κ2) is 8.52. The molecule has 0 fully saturated rings. The number of nitrogens with two attached hydrogens (primary N) is 1. The normalized spacial score (nSPS) is 17.8. The zero-order valence-corrected chi connectivity index (χ0v) is 16.2. The standard InChI is InChI=1S/C22H26FN3O2/c1-14(2)26-20-9-4-3-7-16(20)10-11-19(22(26)28)25-21(27)18(24)13-15-6-5-8-17(23)12-15/h3-9,12,14,18-19H,10-11,13,24H2,1-2H3,(H,25,27)/t18?,19-/m1/s1. The summed E-state index contributed by atoms with van der Waals surface area (Å²) in [5, 5.41) is 2.81. The highest BCUT2D eigenvalue weighted by Crippen LogP contribution is 2.28. The molecule has 1 heterocycles. The molecule has 2 aromatic rings. The molecule has 148 valence electrons. The van der Waals surface area contributed by atoms with Crippen molar-refractivity contribution < 1.29 is 14.0 Å². The predicted molar refractivity (Wildman–Crippen MR) is 107 cm³/mol. The van der Waals surface area contributed by atoms with Crippen LogP contribution in [0, 0.1) is 5.82 Å². The van der Waals surface area contributed by atoms with Gasteiger partial charge in [-0.25, -0.2) is 4.39 Å². The third kappa shape index (κ3) is 4.39. The molecule has 1 unspecified atom stereocenters. The minimum atomic E-state index is -0.854. The first-order valence-electron chi connectivity index (χ1n) is 9.58. The van der Waals surface area contributed by atoms with Gasteiger partial charge in [-0.3, -0.25) is 9.59 Å². The number of nitrogens with one attached hydrogen (secondary N) is 1. The fourth-order valence-corrected chi connectivity index (χ4v) is 3.62. The Bertz CT molecular complexity index is 868. The molecule has 1 aliphatic heterocycles. The highest BCUT2D eigenvalue weighted by atomic mass is 19.1. The summed E-state index contributed by atoms with van der Waals surface area (Å²) in [5.74, 6) is -0.905. The number of fused-ring (bicyclic) bond motifs is 1. The van der Waals surface area contributed by atoms with Crippen molar-refractivity contribution in [1.82, 2.24) is 5.32 Å². The minimum Gasteiger partial charge on any atom is -0.343 e. The molecule has 0 bridgehead atoms. The maximum atomic E-state index is 13.3. The van der Waals surface area contributed by atoms with E-state index in [2.05, 4.69) is 5.32 Å². The molecule has 0 radical (unpaired) electrons. The number of aryl methyl sites for hydroxylation is 1. The summed E-state index contributed by atoms with van der Waals surface area (Å²) in [7, 11) is 0. The van der Waals surface area contributed by atoms with E-state index < -0.39 is 18.0 Å². The van der Waals surface area contributed by atoms with Crippen molar-refractivity contribution in [2.45, 2.75) is 51.2 Å². The number of benzene rings is 2. The van der Waals surface area contributed by atoms with E-state index in [-0.39, 0.29) is 24.2 Å². The first kappa shape index (κ1) is 20.0. The molecule has 6 heteroatoms. The van der Waals surface area contributed by atoms with Crippen molar-refractivity contribution in [3.8, 4) is 0 Å². The molecule has 28 heavy (non-hydrogen) atoms. The lowest BCUT2D eigenvalue weighted by atomic mass is 10.0. The smallest absolute Gasteiger partial charge is 0.249 e. The first-order valence-corrected chi connectivity index (χ1v) is 9.58. The van der Waals surface area contributed by atoms with Crippen molar-refractivity contribution >= 4 is 17.5 Å². The van der Waals surface area contributed by atoms with Crippen LogP contribution in [-0.4, -0.2) is 29.9 Å². The van der Waals surface area contributed by atoms with Gasteiger partial charge in [-0.1, -0.05) is 30.3 Å². The van der Waals surface area contributed by atoms with E-state index in [0.29, 0.717) is 18.4 Å². The average Bonchev–Trinajstić information content (AvgIpc) is 2.78. The Morgan fingerprint density at radius 2 is 2.00 bits per heavy atom. The lowest BCUT2D eigenvalue weighted by Crippen LogP contribution is -2.54. The molecule has 0 spiro atoms. The quantitative estimate of drug-likeness (QED) is 0.833. The van der Waals surface area contributed by atoms with Crippen LogP contribution in [0.15, 0.2) is 48.5 Å². The summed E-state index contributed by atoms with van der Waals surface area (Å²) in [6.45, 7) is 3.91. The van der Waals surface area contributed by atoms with Gasteiger partial charge in [-0.05, 0) is 62.4 Å². The summed E-state index contributed by atoms with van der Waals surface area (Å²) in [5.41, 5.74) is 8.64. The van der Waals surface area contributed by atoms with Crippen LogP contribution < -0.4 is 16.0 Å². The van der Waals surface area contributed by atoms with Crippen molar-refractivity contribution in [3.63, 3.8) is 0 Å². The third-order valence-electron chi connectivity index (χ3n) is 5.00. The monoisotopic (exact) mass is 383 g/mol. The van der Waals surface area contributed by atoms with Gasteiger partial charge in [0.2, 0.25) is 11.8 Å². The Balaban J connectivity index is 1.73. The molecule has 0 aliphatic carbocycles. The van der Waals surface area contributed by atoms with Crippen LogP contribution in [0.1, 0.15) is 31.4 Å². The molecule has 0 saturated carbocycles. The van der Waals surface area contributed by atoms with Crippen LogP contribution in [0.3, 0.4) is 0 Å². The Kier molecular flexibility index (Phi) is 6.09. The van der Waals surface area contributed by atoms with Crippen LogP contribution in [0.5, 0.6) is 0 Å². The van der Waals surface area contributed by atoms with Gasteiger partial charge in [-0.15, -0.1) is 0 Å². The van der Waals surface area contributed by atoms with Gasteiger partial charge in [-0.2, -0.15) is 0 Å². The molecule has 2 atom stereocenters. The third-order valence-corrected chi connectivity index (χ3v) is 5.00. The van der Waals surface area contributed by atoms with Crippen molar-refractivity contribution in [1.29, 1.82) is 0 Å². The van der Waals surface area contributed by atoms with Gasteiger partial charge in [0.05, 0.1) is 6.04 Å².